The van der Waals surface area contributed by atoms with Crippen molar-refractivity contribution in [1.29, 1.82) is 0 Å². The molecule has 1 heterocycles. The van der Waals surface area contributed by atoms with Crippen LogP contribution in [0.4, 0.5) is 11.5 Å². The Morgan fingerprint density at radius 3 is 2.31 bits per heavy atom. The number of nitrogens with zero attached hydrogens (tertiary/aromatic N) is 2. The van der Waals surface area contributed by atoms with Crippen LogP contribution in [-0.2, 0) is 19.6 Å². The minimum absolute atomic E-state index is 0.0327. The number of aromatic nitrogens is 2. The van der Waals surface area contributed by atoms with Crippen molar-refractivity contribution in [3.8, 4) is 0 Å². The lowest BCUT2D eigenvalue weighted by Crippen LogP contribution is -2.20. The highest BCUT2D eigenvalue weighted by molar-refractivity contribution is 7.92. The molecule has 0 aliphatic rings. The van der Waals surface area contributed by atoms with Gasteiger partial charge < -0.3 is 15.2 Å². The first-order valence-electron chi connectivity index (χ1n) is 7.31. The molecule has 10 heteroatoms. The van der Waals surface area contributed by atoms with Crippen LogP contribution >= 0.6 is 0 Å². The highest BCUT2D eigenvalue weighted by atomic mass is 32.2. The van der Waals surface area contributed by atoms with Crippen molar-refractivity contribution >= 4 is 33.4 Å². The van der Waals surface area contributed by atoms with Crippen LogP contribution < -0.4 is 15.1 Å². The molecule has 0 unspecified atom stereocenters. The van der Waals surface area contributed by atoms with Gasteiger partial charge >= 0.3 is 0 Å². The van der Waals surface area contributed by atoms with Gasteiger partial charge in [-0.2, -0.15) is 0 Å². The largest absolute Gasteiger partial charge is 0.545 e. The Bertz CT molecular complexity index is 948. The number of carboxylic acid groups (broad SMARTS) is 1. The molecule has 0 radical (unpaired) electrons. The Hall–Kier alpha value is -3.27. The number of carbonyl (C=O) groups excluding carboxylic acids is 2. The summed E-state index contributed by atoms with van der Waals surface area (Å²) in [6, 6.07) is 6.83. The standard InChI is InChI=1S/C16H16N4O5S/c1-10-9-14(18-11(2)17-10)20-26(24,25)13-5-3-12(4-6-13)19-15(21)7-8-16(22)23/h3-9H,1-2H3,(H,19,21)(H,22,23)(H,17,18,20)/p-1. The van der Waals surface area contributed by atoms with Gasteiger partial charge in [-0.25, -0.2) is 18.4 Å². The van der Waals surface area contributed by atoms with E-state index in [-0.39, 0.29) is 10.7 Å². The average Bonchev–Trinajstić information content (AvgIpc) is 2.52. The molecule has 0 aliphatic heterocycles. The van der Waals surface area contributed by atoms with Gasteiger partial charge in [0.1, 0.15) is 11.6 Å². The van der Waals surface area contributed by atoms with E-state index in [0.717, 1.165) is 6.08 Å². The highest BCUT2D eigenvalue weighted by Crippen LogP contribution is 2.17. The summed E-state index contributed by atoms with van der Waals surface area (Å²) >= 11 is 0. The summed E-state index contributed by atoms with van der Waals surface area (Å²) < 4.78 is 27.1. The zero-order valence-corrected chi connectivity index (χ0v) is 14.7. The quantitative estimate of drug-likeness (QED) is 0.684. The van der Waals surface area contributed by atoms with Gasteiger partial charge in [0, 0.05) is 23.5 Å². The smallest absolute Gasteiger partial charge is 0.263 e. The summed E-state index contributed by atoms with van der Waals surface area (Å²) in [5.74, 6) is -1.59. The number of aryl methyl sites for hydroxylation is 2. The predicted octanol–water partition coefficient (Wildman–Crippen LogP) is 0.139. The maximum Gasteiger partial charge on any atom is 0.263 e. The summed E-state index contributed by atoms with van der Waals surface area (Å²) in [4.78, 5) is 29.8. The van der Waals surface area contributed by atoms with Crippen LogP contribution in [0.3, 0.4) is 0 Å². The first-order chi connectivity index (χ1) is 12.2. The fraction of sp³-hybridized carbons (Fsp3) is 0.125. The molecule has 9 nitrogen and oxygen atoms in total. The molecule has 136 valence electrons. The number of anilines is 2. The number of aliphatic carboxylic acids is 1. The van der Waals surface area contributed by atoms with Crippen LogP contribution in [0.1, 0.15) is 11.5 Å². The molecular weight excluding hydrogens is 360 g/mol. The first-order valence-corrected chi connectivity index (χ1v) is 8.79. The Labute approximate surface area is 149 Å². The zero-order chi connectivity index (χ0) is 19.3. The van der Waals surface area contributed by atoms with Crippen molar-refractivity contribution < 1.29 is 23.1 Å². The molecule has 0 aliphatic carbocycles. The summed E-state index contributed by atoms with van der Waals surface area (Å²) in [5.41, 5.74) is 0.920. The van der Waals surface area contributed by atoms with Gasteiger partial charge in [-0.05, 0) is 44.2 Å². The van der Waals surface area contributed by atoms with E-state index in [1.165, 1.54) is 30.3 Å². The number of sulfonamides is 1. The maximum absolute atomic E-state index is 12.4. The molecule has 1 aromatic heterocycles. The molecule has 0 saturated carbocycles. The second-order valence-electron chi connectivity index (χ2n) is 5.21. The number of rotatable bonds is 6. The number of benzene rings is 1. The SMILES string of the molecule is Cc1cc(NS(=O)(=O)c2ccc(NC(=O)C=CC(=O)[O-])cc2)nc(C)n1. The third-order valence-corrected chi connectivity index (χ3v) is 4.38. The second-order valence-corrected chi connectivity index (χ2v) is 6.90. The van der Waals surface area contributed by atoms with Gasteiger partial charge in [0.15, 0.2) is 0 Å². The van der Waals surface area contributed by atoms with Crippen molar-refractivity contribution in [3.63, 3.8) is 0 Å². The van der Waals surface area contributed by atoms with Crippen molar-refractivity contribution in [3.05, 3.63) is 54.0 Å². The van der Waals surface area contributed by atoms with Crippen molar-refractivity contribution in [2.45, 2.75) is 18.7 Å². The molecule has 2 rings (SSSR count). The molecule has 0 bridgehead atoms. The number of hydrogen-bond acceptors (Lipinski definition) is 7. The van der Waals surface area contributed by atoms with Gasteiger partial charge in [0.25, 0.3) is 10.0 Å². The zero-order valence-electron chi connectivity index (χ0n) is 13.9. The van der Waals surface area contributed by atoms with Crippen LogP contribution in [0, 0.1) is 13.8 Å². The van der Waals surface area contributed by atoms with E-state index in [1.807, 2.05) is 0 Å². The lowest BCUT2D eigenvalue weighted by Gasteiger charge is -2.09. The van der Waals surface area contributed by atoms with Crippen LogP contribution in [0.25, 0.3) is 0 Å². The predicted molar refractivity (Wildman–Crippen MR) is 91.5 cm³/mol. The molecular formula is C16H15N4O5S-. The van der Waals surface area contributed by atoms with Gasteiger partial charge in [0.05, 0.1) is 10.9 Å². The Morgan fingerprint density at radius 1 is 1.08 bits per heavy atom. The van der Waals surface area contributed by atoms with Crippen molar-refractivity contribution in [1.82, 2.24) is 9.97 Å². The van der Waals surface area contributed by atoms with E-state index in [0.29, 0.717) is 23.3 Å². The van der Waals surface area contributed by atoms with Crippen LogP contribution in [-0.4, -0.2) is 30.3 Å². The van der Waals surface area contributed by atoms with Crippen LogP contribution in [0.5, 0.6) is 0 Å². The lowest BCUT2D eigenvalue weighted by molar-refractivity contribution is -0.297. The van der Waals surface area contributed by atoms with Crippen LogP contribution in [0.2, 0.25) is 0 Å². The molecule has 2 aromatic rings. The van der Waals surface area contributed by atoms with Gasteiger partial charge in [0.2, 0.25) is 5.91 Å². The summed E-state index contributed by atoms with van der Waals surface area (Å²) in [5, 5.41) is 12.6. The maximum atomic E-state index is 12.4. The molecule has 0 atom stereocenters. The second kappa shape index (κ2) is 7.74. The van der Waals surface area contributed by atoms with Gasteiger partial charge in [-0.15, -0.1) is 0 Å². The van der Waals surface area contributed by atoms with E-state index in [4.69, 9.17) is 0 Å². The number of carboxylic acids is 1. The Balaban J connectivity index is 2.13. The number of carbonyl (C=O) groups is 2. The molecule has 1 aromatic carbocycles. The minimum Gasteiger partial charge on any atom is -0.545 e. The monoisotopic (exact) mass is 375 g/mol. The molecule has 0 saturated heterocycles. The normalized spacial score (nSPS) is 11.3. The molecule has 0 fully saturated rings. The van der Waals surface area contributed by atoms with E-state index >= 15 is 0 Å². The van der Waals surface area contributed by atoms with E-state index in [9.17, 15) is 23.1 Å². The van der Waals surface area contributed by atoms with Gasteiger partial charge in [-0.3, -0.25) is 9.52 Å². The molecule has 0 spiro atoms. The van der Waals surface area contributed by atoms with E-state index in [2.05, 4.69) is 20.0 Å². The Morgan fingerprint density at radius 2 is 1.73 bits per heavy atom. The summed E-state index contributed by atoms with van der Waals surface area (Å²) in [6.45, 7) is 3.37. The number of hydrogen-bond donors (Lipinski definition) is 2. The third kappa shape index (κ3) is 5.38. The molecule has 26 heavy (non-hydrogen) atoms. The molecule has 1 amide bonds. The number of nitrogens with one attached hydrogen (secondary N) is 2. The summed E-state index contributed by atoms with van der Waals surface area (Å²) in [6.07, 6.45) is 1.38. The first kappa shape index (κ1) is 19.1. The topological polar surface area (TPSA) is 141 Å². The van der Waals surface area contributed by atoms with Crippen molar-refractivity contribution in [2.24, 2.45) is 0 Å². The fourth-order valence-corrected chi connectivity index (χ4v) is 3.00. The van der Waals surface area contributed by atoms with E-state index in [1.54, 1.807) is 13.8 Å². The Kier molecular flexibility index (Phi) is 5.68. The minimum atomic E-state index is -3.87. The third-order valence-electron chi connectivity index (χ3n) is 3.01. The summed E-state index contributed by atoms with van der Waals surface area (Å²) in [7, 11) is -3.87. The highest BCUT2D eigenvalue weighted by Gasteiger charge is 2.15. The average molecular weight is 375 g/mol. The molecule has 2 N–H and O–H groups in total. The van der Waals surface area contributed by atoms with Gasteiger partial charge in [-0.1, -0.05) is 0 Å². The lowest BCUT2D eigenvalue weighted by atomic mass is 10.3. The number of amides is 1. The van der Waals surface area contributed by atoms with Crippen LogP contribution in [0.15, 0.2) is 47.4 Å². The van der Waals surface area contributed by atoms with E-state index < -0.39 is 21.9 Å². The fourth-order valence-electron chi connectivity index (χ4n) is 2.01. The van der Waals surface area contributed by atoms with Crippen molar-refractivity contribution in [2.75, 3.05) is 10.0 Å².